The summed E-state index contributed by atoms with van der Waals surface area (Å²) < 4.78 is 0. The number of hydrogen-bond acceptors (Lipinski definition) is 3. The van der Waals surface area contributed by atoms with Gasteiger partial charge in [0.25, 0.3) is 0 Å². The first-order chi connectivity index (χ1) is 4.70. The van der Waals surface area contributed by atoms with Crippen molar-refractivity contribution in [1.82, 2.24) is 4.98 Å². The Hall–Kier alpha value is -1.45. The topological polar surface area (TPSA) is 56.0 Å². The van der Waals surface area contributed by atoms with Gasteiger partial charge < -0.3 is 10.1 Å². The summed E-state index contributed by atoms with van der Waals surface area (Å²) in [4.78, 5) is 13.0. The molecule has 0 spiro atoms. The molecule has 0 aliphatic heterocycles. The van der Waals surface area contributed by atoms with Gasteiger partial charge in [-0.25, -0.2) is 0 Å². The molecule has 0 unspecified atom stereocenters. The van der Waals surface area contributed by atoms with Crippen LogP contribution in [0.2, 0.25) is 0 Å². The van der Waals surface area contributed by atoms with Crippen LogP contribution in [-0.4, -0.2) is 9.91 Å². The smallest absolute Gasteiger partial charge is 0.358 e. The molecule has 0 saturated carbocycles. The van der Waals surface area contributed by atoms with E-state index in [4.69, 9.17) is 0 Å². The highest BCUT2D eigenvalue weighted by Crippen LogP contribution is 2.06. The maximum atomic E-state index is 10.1. The molecular weight excluding hydrogens is 132 g/mol. The quantitative estimate of drug-likeness (QED) is 0.430. The second-order valence-electron chi connectivity index (χ2n) is 1.85. The SMILES string of the molecule is Cc1[c]cnc([N+](=O)[O-])c1. The predicted molar refractivity (Wildman–Crippen MR) is 34.5 cm³/mol. The Labute approximate surface area is 57.7 Å². The minimum atomic E-state index is -0.527. The summed E-state index contributed by atoms with van der Waals surface area (Å²) in [5, 5.41) is 10.1. The zero-order valence-electron chi connectivity index (χ0n) is 5.37. The Kier molecular flexibility index (Phi) is 1.62. The van der Waals surface area contributed by atoms with E-state index in [1.165, 1.54) is 12.3 Å². The van der Waals surface area contributed by atoms with Crippen molar-refractivity contribution in [2.45, 2.75) is 6.92 Å². The van der Waals surface area contributed by atoms with Gasteiger partial charge >= 0.3 is 5.82 Å². The lowest BCUT2D eigenvalue weighted by molar-refractivity contribution is -0.389. The van der Waals surface area contributed by atoms with Crippen molar-refractivity contribution in [2.75, 3.05) is 0 Å². The summed E-state index contributed by atoms with van der Waals surface area (Å²) >= 11 is 0. The van der Waals surface area contributed by atoms with Crippen LogP contribution in [0.3, 0.4) is 0 Å². The average Bonchev–Trinajstić information content (AvgIpc) is 1.88. The number of pyridine rings is 1. The van der Waals surface area contributed by atoms with E-state index >= 15 is 0 Å². The Morgan fingerprint density at radius 3 is 2.90 bits per heavy atom. The summed E-state index contributed by atoms with van der Waals surface area (Å²) in [5.74, 6) is -0.128. The zero-order valence-corrected chi connectivity index (χ0v) is 5.37. The molecule has 1 aromatic heterocycles. The summed E-state index contributed by atoms with van der Waals surface area (Å²) in [7, 11) is 0. The van der Waals surface area contributed by atoms with Crippen molar-refractivity contribution < 1.29 is 4.92 Å². The van der Waals surface area contributed by atoms with Crippen LogP contribution in [0, 0.1) is 23.1 Å². The van der Waals surface area contributed by atoms with Gasteiger partial charge in [-0.05, 0) is 22.4 Å². The molecule has 4 heteroatoms. The molecule has 0 aliphatic carbocycles. The lowest BCUT2D eigenvalue weighted by atomic mass is 10.3. The third-order valence-electron chi connectivity index (χ3n) is 1.02. The lowest BCUT2D eigenvalue weighted by Gasteiger charge is -1.90. The fraction of sp³-hybridized carbons (Fsp3) is 0.167. The molecule has 0 bridgehead atoms. The molecule has 0 atom stereocenters. The second-order valence-corrected chi connectivity index (χ2v) is 1.85. The number of aromatic nitrogens is 1. The van der Waals surface area contributed by atoms with Crippen molar-refractivity contribution in [2.24, 2.45) is 0 Å². The minimum absolute atomic E-state index is 0.128. The molecule has 0 aromatic carbocycles. The Morgan fingerprint density at radius 2 is 2.50 bits per heavy atom. The van der Waals surface area contributed by atoms with E-state index in [-0.39, 0.29) is 5.82 Å². The Bertz CT molecular complexity index is 260. The first-order valence-electron chi connectivity index (χ1n) is 2.69. The Balaban J connectivity index is 3.07. The molecule has 1 aromatic rings. The number of nitro groups is 1. The molecule has 0 saturated heterocycles. The predicted octanol–water partition coefficient (Wildman–Crippen LogP) is 1.10. The van der Waals surface area contributed by atoms with Crippen molar-refractivity contribution in [3.63, 3.8) is 0 Å². The molecule has 4 nitrogen and oxygen atoms in total. The molecule has 0 N–H and O–H groups in total. The lowest BCUT2D eigenvalue weighted by Crippen LogP contribution is -1.91. The standard InChI is InChI=1S/C6H5N2O2/c1-5-2-3-7-6(4-5)8(9)10/h3-4H,1H3. The average molecular weight is 137 g/mol. The van der Waals surface area contributed by atoms with E-state index < -0.39 is 4.92 Å². The number of rotatable bonds is 1. The van der Waals surface area contributed by atoms with Gasteiger partial charge in [0, 0.05) is 12.1 Å². The molecule has 1 heterocycles. The molecule has 1 rings (SSSR count). The second kappa shape index (κ2) is 2.43. The van der Waals surface area contributed by atoms with Crippen molar-refractivity contribution >= 4 is 5.82 Å². The van der Waals surface area contributed by atoms with Gasteiger partial charge in [-0.1, -0.05) is 0 Å². The number of aryl methyl sites for hydroxylation is 1. The van der Waals surface area contributed by atoms with E-state index in [0.717, 1.165) is 5.56 Å². The molecule has 1 radical (unpaired) electrons. The maximum absolute atomic E-state index is 10.1. The number of hydrogen-bond donors (Lipinski definition) is 0. The largest absolute Gasteiger partial charge is 0.363 e. The van der Waals surface area contributed by atoms with Gasteiger partial charge in [0.05, 0.1) is 0 Å². The van der Waals surface area contributed by atoms with Crippen LogP contribution in [0.1, 0.15) is 5.56 Å². The summed E-state index contributed by atoms with van der Waals surface area (Å²) in [6.45, 7) is 1.73. The first kappa shape index (κ1) is 6.67. The van der Waals surface area contributed by atoms with Gasteiger partial charge in [0.1, 0.15) is 6.20 Å². The normalized spacial score (nSPS) is 9.30. The summed E-state index contributed by atoms with van der Waals surface area (Å²) in [5.41, 5.74) is 0.724. The van der Waals surface area contributed by atoms with Crippen molar-refractivity contribution in [1.29, 1.82) is 0 Å². The van der Waals surface area contributed by atoms with E-state index in [0.29, 0.717) is 0 Å². The van der Waals surface area contributed by atoms with E-state index in [2.05, 4.69) is 11.1 Å². The first-order valence-corrected chi connectivity index (χ1v) is 2.69. The molecule has 0 amide bonds. The number of nitrogens with zero attached hydrogens (tertiary/aromatic N) is 2. The molecule has 10 heavy (non-hydrogen) atoms. The van der Waals surface area contributed by atoms with E-state index in [1.807, 2.05) is 0 Å². The monoisotopic (exact) mass is 137 g/mol. The maximum Gasteiger partial charge on any atom is 0.363 e. The van der Waals surface area contributed by atoms with Crippen LogP contribution in [0.4, 0.5) is 5.82 Å². The van der Waals surface area contributed by atoms with Crippen LogP contribution in [-0.2, 0) is 0 Å². The zero-order chi connectivity index (χ0) is 7.56. The fourth-order valence-corrected chi connectivity index (χ4v) is 0.573. The van der Waals surface area contributed by atoms with Gasteiger partial charge in [-0.15, -0.1) is 0 Å². The third-order valence-corrected chi connectivity index (χ3v) is 1.02. The van der Waals surface area contributed by atoms with E-state index in [9.17, 15) is 10.1 Å². The van der Waals surface area contributed by atoms with Gasteiger partial charge in [-0.2, -0.15) is 0 Å². The van der Waals surface area contributed by atoms with Crippen LogP contribution in [0.25, 0.3) is 0 Å². The van der Waals surface area contributed by atoms with Crippen LogP contribution in [0.15, 0.2) is 12.3 Å². The minimum Gasteiger partial charge on any atom is -0.358 e. The van der Waals surface area contributed by atoms with Gasteiger partial charge in [0.15, 0.2) is 0 Å². The highest BCUT2D eigenvalue weighted by Gasteiger charge is 2.03. The fourth-order valence-electron chi connectivity index (χ4n) is 0.573. The summed E-state index contributed by atoms with van der Waals surface area (Å²) in [6, 6.07) is 4.09. The van der Waals surface area contributed by atoms with E-state index in [1.54, 1.807) is 6.92 Å². The highest BCUT2D eigenvalue weighted by atomic mass is 16.6. The summed E-state index contributed by atoms with van der Waals surface area (Å²) in [6.07, 6.45) is 1.30. The van der Waals surface area contributed by atoms with Crippen molar-refractivity contribution in [3.8, 4) is 0 Å². The molecule has 51 valence electrons. The third kappa shape index (κ3) is 1.28. The van der Waals surface area contributed by atoms with Crippen molar-refractivity contribution in [3.05, 3.63) is 34.0 Å². The van der Waals surface area contributed by atoms with Crippen LogP contribution < -0.4 is 0 Å². The molecule has 0 fully saturated rings. The van der Waals surface area contributed by atoms with Crippen LogP contribution >= 0.6 is 0 Å². The van der Waals surface area contributed by atoms with Gasteiger partial charge in [-0.3, -0.25) is 0 Å². The molecular formula is C6H5N2O2. The van der Waals surface area contributed by atoms with Crippen LogP contribution in [0.5, 0.6) is 0 Å². The Morgan fingerprint density at radius 1 is 1.80 bits per heavy atom. The highest BCUT2D eigenvalue weighted by molar-refractivity contribution is 5.23. The van der Waals surface area contributed by atoms with Gasteiger partial charge in [0.2, 0.25) is 0 Å². The molecule has 0 aliphatic rings.